The molecule has 3 N–H and O–H groups in total. The van der Waals surface area contributed by atoms with Gasteiger partial charge in [-0.3, -0.25) is 10.0 Å². The van der Waals surface area contributed by atoms with Crippen molar-refractivity contribution in [1.82, 2.24) is 9.79 Å². The van der Waals surface area contributed by atoms with Crippen molar-refractivity contribution in [3.63, 3.8) is 0 Å². The van der Waals surface area contributed by atoms with Gasteiger partial charge in [-0.2, -0.15) is 4.31 Å². The van der Waals surface area contributed by atoms with Gasteiger partial charge in [0.25, 0.3) is 5.91 Å². The van der Waals surface area contributed by atoms with Crippen molar-refractivity contribution >= 4 is 15.9 Å². The van der Waals surface area contributed by atoms with E-state index in [1.54, 1.807) is 6.92 Å². The van der Waals surface area contributed by atoms with Crippen molar-refractivity contribution in [2.75, 3.05) is 13.7 Å². The second kappa shape index (κ2) is 11.2. The number of nitrogens with zero attached hydrogens (tertiary/aromatic N) is 1. The lowest BCUT2D eigenvalue weighted by Gasteiger charge is -2.32. The average molecular weight is 403 g/mol. The van der Waals surface area contributed by atoms with Crippen LogP contribution in [-0.2, 0) is 14.8 Å². The Morgan fingerprint density at radius 3 is 2.30 bits per heavy atom. The molecule has 0 saturated carbocycles. The van der Waals surface area contributed by atoms with Gasteiger partial charge in [0.15, 0.2) is 0 Å². The summed E-state index contributed by atoms with van der Waals surface area (Å²) in [7, 11) is -2.60. The molecule has 2 atom stereocenters. The van der Waals surface area contributed by atoms with E-state index in [1.165, 1.54) is 36.9 Å². The molecule has 1 amide bonds. The Hall–Kier alpha value is -1.68. The summed E-state index contributed by atoms with van der Waals surface area (Å²) in [6, 6.07) is 4.37. The van der Waals surface area contributed by atoms with E-state index in [2.05, 4.69) is 0 Å². The molecule has 0 aliphatic carbocycles. The van der Waals surface area contributed by atoms with Crippen LogP contribution >= 0.6 is 0 Å². The molecule has 0 saturated heterocycles. The van der Waals surface area contributed by atoms with E-state index in [4.69, 9.17) is 9.94 Å². The van der Waals surface area contributed by atoms with Crippen LogP contribution < -0.4 is 10.2 Å². The van der Waals surface area contributed by atoms with Gasteiger partial charge >= 0.3 is 0 Å². The number of sulfonamides is 1. The van der Waals surface area contributed by atoms with Crippen molar-refractivity contribution < 1.29 is 28.3 Å². The average Bonchev–Trinajstić information content (AvgIpc) is 2.67. The summed E-state index contributed by atoms with van der Waals surface area (Å²) < 4.78 is 32.3. The SMILES string of the molecule is CCCCCC(O)[C@H](C(=O)NO)N(CCC)S(=O)(=O)c1ccc(OC)cc1. The molecule has 154 valence electrons. The van der Waals surface area contributed by atoms with Crippen LogP contribution in [0.4, 0.5) is 0 Å². The predicted octanol–water partition coefficient (Wildman–Crippen LogP) is 1.91. The second-order valence-corrected chi connectivity index (χ2v) is 8.17. The molecule has 1 aromatic carbocycles. The van der Waals surface area contributed by atoms with Gasteiger partial charge in [0, 0.05) is 6.54 Å². The van der Waals surface area contributed by atoms with Gasteiger partial charge < -0.3 is 9.84 Å². The molecule has 0 fully saturated rings. The van der Waals surface area contributed by atoms with Crippen molar-refractivity contribution in [3.8, 4) is 5.75 Å². The molecular formula is C18H30N2O6S. The largest absolute Gasteiger partial charge is 0.497 e. The topological polar surface area (TPSA) is 116 Å². The highest BCUT2D eigenvalue weighted by atomic mass is 32.2. The fraction of sp³-hybridized carbons (Fsp3) is 0.611. The molecule has 0 spiro atoms. The molecule has 9 heteroatoms. The Labute approximate surface area is 161 Å². The second-order valence-electron chi connectivity index (χ2n) is 6.28. The number of methoxy groups -OCH3 is 1. The summed E-state index contributed by atoms with van der Waals surface area (Å²) >= 11 is 0. The number of carbonyl (C=O) groups excluding carboxylic acids is 1. The normalized spacial score (nSPS) is 14.0. The van der Waals surface area contributed by atoms with Crippen LogP contribution in [0.2, 0.25) is 0 Å². The summed E-state index contributed by atoms with van der Waals surface area (Å²) in [6.45, 7) is 3.80. The van der Waals surface area contributed by atoms with Crippen molar-refractivity contribution in [2.24, 2.45) is 0 Å². The van der Waals surface area contributed by atoms with Crippen LogP contribution in [0.3, 0.4) is 0 Å². The molecule has 0 aliphatic rings. The first-order valence-corrected chi connectivity index (χ1v) is 10.5. The van der Waals surface area contributed by atoms with E-state index in [-0.39, 0.29) is 17.9 Å². The number of hydrogen-bond donors (Lipinski definition) is 3. The molecule has 0 aromatic heterocycles. The standard InChI is InChI=1S/C18H30N2O6S/c1-4-6-7-8-16(21)17(18(22)19-23)20(13-5-2)27(24,25)15-11-9-14(26-3)10-12-15/h9-12,16-17,21,23H,4-8,13H2,1-3H3,(H,19,22)/t16?,17-/m1/s1. The van der Waals surface area contributed by atoms with Crippen molar-refractivity contribution in [3.05, 3.63) is 24.3 Å². The number of amides is 1. The number of aliphatic hydroxyl groups is 1. The smallest absolute Gasteiger partial charge is 0.264 e. The van der Waals surface area contributed by atoms with Gasteiger partial charge in [-0.1, -0.05) is 33.1 Å². The van der Waals surface area contributed by atoms with Crippen LogP contribution in [0.15, 0.2) is 29.2 Å². The molecule has 0 radical (unpaired) electrons. The van der Waals surface area contributed by atoms with Crippen LogP contribution in [-0.4, -0.2) is 54.7 Å². The number of hydrogen-bond acceptors (Lipinski definition) is 6. The Balaban J connectivity index is 3.25. The van der Waals surface area contributed by atoms with E-state index in [1.807, 2.05) is 6.92 Å². The quantitative estimate of drug-likeness (QED) is 0.279. The minimum Gasteiger partial charge on any atom is -0.497 e. The Kier molecular flexibility index (Phi) is 9.71. The first-order chi connectivity index (χ1) is 12.8. The zero-order valence-electron chi connectivity index (χ0n) is 16.1. The minimum atomic E-state index is -4.07. The summed E-state index contributed by atoms with van der Waals surface area (Å²) in [5.41, 5.74) is 1.49. The van der Waals surface area contributed by atoms with E-state index in [0.29, 0.717) is 18.6 Å². The van der Waals surface area contributed by atoms with Gasteiger partial charge in [-0.25, -0.2) is 13.9 Å². The van der Waals surface area contributed by atoms with Gasteiger partial charge in [0.2, 0.25) is 10.0 Å². The monoisotopic (exact) mass is 402 g/mol. The number of ether oxygens (including phenoxy) is 1. The number of aliphatic hydroxyl groups excluding tert-OH is 1. The first kappa shape index (κ1) is 23.4. The molecule has 0 heterocycles. The Morgan fingerprint density at radius 2 is 1.81 bits per heavy atom. The van der Waals surface area contributed by atoms with E-state index in [0.717, 1.165) is 17.1 Å². The van der Waals surface area contributed by atoms with Gasteiger partial charge in [0.1, 0.15) is 11.8 Å². The number of nitrogens with one attached hydrogen (secondary N) is 1. The van der Waals surface area contributed by atoms with Gasteiger partial charge in [-0.15, -0.1) is 0 Å². The summed E-state index contributed by atoms with van der Waals surface area (Å²) in [4.78, 5) is 12.2. The fourth-order valence-corrected chi connectivity index (χ4v) is 4.55. The highest BCUT2D eigenvalue weighted by Gasteiger charge is 2.39. The van der Waals surface area contributed by atoms with E-state index < -0.39 is 28.1 Å². The lowest BCUT2D eigenvalue weighted by atomic mass is 10.0. The number of carbonyl (C=O) groups is 1. The van der Waals surface area contributed by atoms with Crippen LogP contribution in [0.1, 0.15) is 46.0 Å². The molecule has 0 aliphatic heterocycles. The third-order valence-electron chi connectivity index (χ3n) is 4.27. The maximum atomic E-state index is 13.1. The highest BCUT2D eigenvalue weighted by Crippen LogP contribution is 2.24. The Morgan fingerprint density at radius 1 is 1.19 bits per heavy atom. The fourth-order valence-electron chi connectivity index (χ4n) is 2.84. The number of hydroxylamine groups is 1. The van der Waals surface area contributed by atoms with Crippen LogP contribution in [0.5, 0.6) is 5.75 Å². The maximum absolute atomic E-state index is 13.1. The lowest BCUT2D eigenvalue weighted by Crippen LogP contribution is -2.55. The summed E-state index contributed by atoms with van der Waals surface area (Å²) in [5.74, 6) is -0.454. The molecular weight excluding hydrogens is 372 g/mol. The molecule has 1 aromatic rings. The van der Waals surface area contributed by atoms with Crippen molar-refractivity contribution in [2.45, 2.75) is 63.0 Å². The van der Waals surface area contributed by atoms with Crippen molar-refractivity contribution in [1.29, 1.82) is 0 Å². The molecule has 27 heavy (non-hydrogen) atoms. The van der Waals surface area contributed by atoms with Gasteiger partial charge in [-0.05, 0) is 37.1 Å². The third-order valence-corrected chi connectivity index (χ3v) is 6.16. The Bertz CT molecular complexity index is 678. The third kappa shape index (κ3) is 6.17. The maximum Gasteiger partial charge on any atom is 0.264 e. The predicted molar refractivity (Wildman–Crippen MR) is 101 cm³/mol. The first-order valence-electron chi connectivity index (χ1n) is 9.11. The van der Waals surface area contributed by atoms with Gasteiger partial charge in [0.05, 0.1) is 18.1 Å². The van der Waals surface area contributed by atoms with E-state index >= 15 is 0 Å². The summed E-state index contributed by atoms with van der Waals surface area (Å²) in [6.07, 6.45) is 1.88. The van der Waals surface area contributed by atoms with Crippen LogP contribution in [0, 0.1) is 0 Å². The molecule has 1 rings (SSSR count). The molecule has 1 unspecified atom stereocenters. The molecule has 0 bridgehead atoms. The zero-order valence-corrected chi connectivity index (χ0v) is 16.9. The summed E-state index contributed by atoms with van der Waals surface area (Å²) in [5, 5.41) is 19.6. The lowest BCUT2D eigenvalue weighted by molar-refractivity contribution is -0.137. The number of benzene rings is 1. The minimum absolute atomic E-state index is 0.0201. The number of rotatable bonds is 12. The van der Waals surface area contributed by atoms with E-state index in [9.17, 15) is 18.3 Å². The zero-order chi connectivity index (χ0) is 20.4. The van der Waals surface area contributed by atoms with Crippen LogP contribution in [0.25, 0.3) is 0 Å². The molecule has 8 nitrogen and oxygen atoms in total. The number of unbranched alkanes of at least 4 members (excludes halogenated alkanes) is 2. The highest BCUT2D eigenvalue weighted by molar-refractivity contribution is 7.89.